The molecule has 1 aromatic carbocycles. The lowest BCUT2D eigenvalue weighted by Crippen LogP contribution is -2.06. The average Bonchev–Trinajstić information content (AvgIpc) is 2.16. The Morgan fingerprint density at radius 3 is 2.44 bits per heavy atom. The van der Waals surface area contributed by atoms with E-state index in [0.717, 1.165) is 9.37 Å². The molecule has 2 nitrogen and oxygen atoms in total. The Morgan fingerprint density at radius 1 is 1.38 bits per heavy atom. The van der Waals surface area contributed by atoms with Crippen LogP contribution in [0, 0.1) is 13.8 Å². The molecule has 1 aromatic rings. The smallest absolute Gasteiger partial charge is 0.316 e. The summed E-state index contributed by atoms with van der Waals surface area (Å²) in [7, 11) is 0. The number of thioether (sulfide) groups is 1. The van der Waals surface area contributed by atoms with Crippen molar-refractivity contribution >= 4 is 33.7 Å². The zero-order valence-corrected chi connectivity index (χ0v) is 12.1. The highest BCUT2D eigenvalue weighted by Crippen LogP contribution is 2.29. The van der Waals surface area contributed by atoms with Crippen LogP contribution in [0.2, 0.25) is 0 Å². The number of esters is 1. The number of carbonyl (C=O) groups is 1. The maximum absolute atomic E-state index is 11.3. The molecule has 1 rings (SSSR count). The first-order valence-electron chi connectivity index (χ1n) is 5.09. The van der Waals surface area contributed by atoms with Gasteiger partial charge in [-0.25, -0.2) is 0 Å². The van der Waals surface area contributed by atoms with Gasteiger partial charge in [0, 0.05) is 9.37 Å². The number of ether oxygens (including phenoxy) is 1. The monoisotopic (exact) mass is 302 g/mol. The summed E-state index contributed by atoms with van der Waals surface area (Å²) in [4.78, 5) is 12.4. The van der Waals surface area contributed by atoms with E-state index in [1.165, 1.54) is 22.9 Å². The molecule has 0 heterocycles. The summed E-state index contributed by atoms with van der Waals surface area (Å²) in [5, 5.41) is 0. The summed E-state index contributed by atoms with van der Waals surface area (Å²) in [6, 6.07) is 4.11. The van der Waals surface area contributed by atoms with Gasteiger partial charge in [-0.2, -0.15) is 0 Å². The van der Waals surface area contributed by atoms with Crippen LogP contribution in [0.15, 0.2) is 21.5 Å². The van der Waals surface area contributed by atoms with Crippen molar-refractivity contribution in [3.8, 4) is 0 Å². The molecular formula is C12H15BrO2S. The third-order valence-electron chi connectivity index (χ3n) is 2.06. The molecule has 0 unspecified atom stereocenters. The lowest BCUT2D eigenvalue weighted by molar-refractivity contribution is -0.139. The Balaban J connectivity index is 2.70. The number of hydrogen-bond donors (Lipinski definition) is 0. The van der Waals surface area contributed by atoms with Gasteiger partial charge in [-0.15, -0.1) is 11.8 Å². The van der Waals surface area contributed by atoms with Gasteiger partial charge in [0.15, 0.2) is 0 Å². The number of halogens is 1. The molecule has 0 spiro atoms. The van der Waals surface area contributed by atoms with Crippen molar-refractivity contribution in [2.24, 2.45) is 0 Å². The molecule has 0 aromatic heterocycles. The third kappa shape index (κ3) is 3.83. The Bertz CT molecular complexity index is 368. The lowest BCUT2D eigenvalue weighted by atomic mass is 10.2. The highest BCUT2D eigenvalue weighted by Gasteiger charge is 2.08. The second-order valence-corrected chi connectivity index (χ2v) is 5.36. The van der Waals surface area contributed by atoms with Crippen molar-refractivity contribution in [1.29, 1.82) is 0 Å². The van der Waals surface area contributed by atoms with Crippen molar-refractivity contribution in [3.63, 3.8) is 0 Å². The van der Waals surface area contributed by atoms with E-state index in [1.54, 1.807) is 0 Å². The van der Waals surface area contributed by atoms with Crippen LogP contribution in [0.4, 0.5) is 0 Å². The minimum absolute atomic E-state index is 0.158. The van der Waals surface area contributed by atoms with E-state index >= 15 is 0 Å². The first-order valence-corrected chi connectivity index (χ1v) is 6.87. The van der Waals surface area contributed by atoms with Crippen LogP contribution in [0.3, 0.4) is 0 Å². The van der Waals surface area contributed by atoms with E-state index in [-0.39, 0.29) is 5.97 Å². The number of hydrogen-bond acceptors (Lipinski definition) is 3. The molecule has 0 aliphatic carbocycles. The number of rotatable bonds is 4. The van der Waals surface area contributed by atoms with Crippen LogP contribution in [-0.4, -0.2) is 18.3 Å². The minimum atomic E-state index is -0.158. The normalized spacial score (nSPS) is 10.2. The molecule has 0 N–H and O–H groups in total. The SMILES string of the molecule is CCOC(=O)CSc1c(C)cc(Br)cc1C. The first kappa shape index (κ1) is 13.6. The molecule has 0 aliphatic rings. The van der Waals surface area contributed by atoms with E-state index in [4.69, 9.17) is 4.74 Å². The zero-order valence-electron chi connectivity index (χ0n) is 9.67. The largest absolute Gasteiger partial charge is 0.465 e. The zero-order chi connectivity index (χ0) is 12.1. The number of carbonyl (C=O) groups excluding carboxylic acids is 1. The van der Waals surface area contributed by atoms with E-state index in [9.17, 15) is 4.79 Å². The molecule has 0 aliphatic heterocycles. The minimum Gasteiger partial charge on any atom is -0.465 e. The Labute approximate surface area is 109 Å². The summed E-state index contributed by atoms with van der Waals surface area (Å²) in [5.41, 5.74) is 2.36. The fourth-order valence-electron chi connectivity index (χ4n) is 1.46. The van der Waals surface area contributed by atoms with Gasteiger partial charge in [-0.3, -0.25) is 4.79 Å². The van der Waals surface area contributed by atoms with E-state index in [2.05, 4.69) is 28.1 Å². The molecule has 4 heteroatoms. The molecule has 0 radical (unpaired) electrons. The first-order chi connectivity index (χ1) is 7.54. The van der Waals surface area contributed by atoms with Crippen LogP contribution in [0.1, 0.15) is 18.1 Å². The van der Waals surface area contributed by atoms with E-state index < -0.39 is 0 Å². The van der Waals surface area contributed by atoms with Gasteiger partial charge >= 0.3 is 5.97 Å². The van der Waals surface area contributed by atoms with Crippen molar-refractivity contribution in [1.82, 2.24) is 0 Å². The van der Waals surface area contributed by atoms with Gasteiger partial charge in [0.1, 0.15) is 0 Å². The van der Waals surface area contributed by atoms with Crippen LogP contribution in [-0.2, 0) is 9.53 Å². The highest BCUT2D eigenvalue weighted by atomic mass is 79.9. The summed E-state index contributed by atoms with van der Waals surface area (Å²) < 4.78 is 5.97. The number of aryl methyl sites for hydroxylation is 2. The molecule has 0 atom stereocenters. The number of benzene rings is 1. The summed E-state index contributed by atoms with van der Waals surface area (Å²) in [6.45, 7) is 6.35. The highest BCUT2D eigenvalue weighted by molar-refractivity contribution is 9.10. The second-order valence-electron chi connectivity index (χ2n) is 3.46. The molecule has 0 saturated carbocycles. The molecule has 16 heavy (non-hydrogen) atoms. The van der Waals surface area contributed by atoms with E-state index in [1.807, 2.05) is 20.8 Å². The van der Waals surface area contributed by atoms with Crippen LogP contribution >= 0.6 is 27.7 Å². The Morgan fingerprint density at radius 2 is 1.94 bits per heavy atom. The van der Waals surface area contributed by atoms with Crippen LogP contribution < -0.4 is 0 Å². The van der Waals surface area contributed by atoms with Gasteiger partial charge in [0.05, 0.1) is 12.4 Å². The van der Waals surface area contributed by atoms with Gasteiger partial charge in [0.2, 0.25) is 0 Å². The third-order valence-corrected chi connectivity index (χ3v) is 3.84. The fourth-order valence-corrected chi connectivity index (χ4v) is 3.06. The Kier molecular flexibility index (Phi) is 5.35. The lowest BCUT2D eigenvalue weighted by Gasteiger charge is -2.09. The van der Waals surface area contributed by atoms with Gasteiger partial charge in [0.25, 0.3) is 0 Å². The van der Waals surface area contributed by atoms with E-state index in [0.29, 0.717) is 12.4 Å². The Hall–Kier alpha value is -0.480. The fraction of sp³-hybridized carbons (Fsp3) is 0.417. The molecule has 88 valence electrons. The second kappa shape index (κ2) is 6.30. The molecule has 0 amide bonds. The molecule has 0 bridgehead atoms. The van der Waals surface area contributed by atoms with Crippen LogP contribution in [0.5, 0.6) is 0 Å². The van der Waals surface area contributed by atoms with Gasteiger partial charge in [-0.05, 0) is 44.0 Å². The molecule has 0 fully saturated rings. The predicted octanol–water partition coefficient (Wildman–Crippen LogP) is 3.72. The summed E-state index contributed by atoms with van der Waals surface area (Å²) in [5.74, 6) is 0.214. The average molecular weight is 303 g/mol. The predicted molar refractivity (Wildman–Crippen MR) is 71.0 cm³/mol. The molecule has 0 saturated heterocycles. The maximum Gasteiger partial charge on any atom is 0.316 e. The molecular weight excluding hydrogens is 288 g/mol. The van der Waals surface area contributed by atoms with Crippen LogP contribution in [0.25, 0.3) is 0 Å². The topological polar surface area (TPSA) is 26.3 Å². The van der Waals surface area contributed by atoms with Gasteiger partial charge < -0.3 is 4.74 Å². The van der Waals surface area contributed by atoms with Crippen molar-refractivity contribution in [3.05, 3.63) is 27.7 Å². The quantitative estimate of drug-likeness (QED) is 0.626. The van der Waals surface area contributed by atoms with Crippen molar-refractivity contribution in [2.75, 3.05) is 12.4 Å². The van der Waals surface area contributed by atoms with Crippen molar-refractivity contribution in [2.45, 2.75) is 25.7 Å². The van der Waals surface area contributed by atoms with Crippen molar-refractivity contribution < 1.29 is 9.53 Å². The summed E-state index contributed by atoms with van der Waals surface area (Å²) in [6.07, 6.45) is 0. The maximum atomic E-state index is 11.3. The summed E-state index contributed by atoms with van der Waals surface area (Å²) >= 11 is 4.99. The van der Waals surface area contributed by atoms with Gasteiger partial charge in [-0.1, -0.05) is 15.9 Å². The standard InChI is InChI=1S/C12H15BrO2S/c1-4-15-11(14)7-16-12-8(2)5-10(13)6-9(12)3/h5-6H,4,7H2,1-3H3.